The van der Waals surface area contributed by atoms with Gasteiger partial charge >= 0.3 is 29.6 Å². The predicted molar refractivity (Wildman–Crippen MR) is 39.2 cm³/mol. The van der Waals surface area contributed by atoms with Crippen molar-refractivity contribution in [2.75, 3.05) is 0 Å². The molecular weight excluding hydrogens is 175 g/mol. The van der Waals surface area contributed by atoms with Gasteiger partial charge in [0.25, 0.3) is 10.1 Å². The van der Waals surface area contributed by atoms with Crippen LogP contribution in [-0.4, -0.2) is 13.0 Å². The van der Waals surface area contributed by atoms with Crippen LogP contribution in [-0.2, 0) is 10.1 Å². The molecule has 0 saturated heterocycles. The molecule has 0 atom stereocenters. The van der Waals surface area contributed by atoms with Crippen LogP contribution in [0.1, 0.15) is 27.1 Å². The van der Waals surface area contributed by atoms with Crippen LogP contribution in [0.3, 0.4) is 0 Å². The first-order valence-electron chi connectivity index (χ1n) is 3.27. The third kappa shape index (κ3) is 3.71. The Hall–Kier alpha value is 0.650. The van der Waals surface area contributed by atoms with Gasteiger partial charge in [-0.15, -0.1) is 0 Å². The Morgan fingerprint density at radius 1 is 1.45 bits per heavy atom. The van der Waals surface area contributed by atoms with Crippen LogP contribution in [0, 0.1) is 0 Å². The molecule has 1 rings (SSSR count). The number of hydrogen-bond acceptors (Lipinski definition) is 2. The molecule has 0 aliphatic heterocycles. The van der Waals surface area contributed by atoms with Crippen LogP contribution >= 0.6 is 0 Å². The van der Waals surface area contributed by atoms with E-state index < -0.39 is 10.1 Å². The van der Waals surface area contributed by atoms with Crippen molar-refractivity contribution in [1.82, 2.24) is 0 Å². The van der Waals surface area contributed by atoms with Gasteiger partial charge in [-0.3, -0.25) is 4.55 Å². The standard InChI is InChI=1S/C6H10O3S.Na.H/c7-10(8,9)6-4-2-1-3-5-6;;/h4H,1-3,5H2,(H,7,8,9);;/q;+1;-1. The van der Waals surface area contributed by atoms with E-state index in [0.29, 0.717) is 6.42 Å². The molecule has 0 aromatic carbocycles. The van der Waals surface area contributed by atoms with Crippen molar-refractivity contribution in [3.8, 4) is 0 Å². The van der Waals surface area contributed by atoms with E-state index in [-0.39, 0.29) is 35.9 Å². The minimum Gasteiger partial charge on any atom is -1.00 e. The van der Waals surface area contributed by atoms with Crippen molar-refractivity contribution >= 4 is 10.1 Å². The van der Waals surface area contributed by atoms with Crippen LogP contribution in [0.4, 0.5) is 0 Å². The summed E-state index contributed by atoms with van der Waals surface area (Å²) in [5.41, 5.74) is 0. The van der Waals surface area contributed by atoms with E-state index in [1.165, 1.54) is 0 Å². The summed E-state index contributed by atoms with van der Waals surface area (Å²) < 4.78 is 29.5. The number of allylic oxidation sites excluding steroid dienone is 2. The maximum absolute atomic E-state index is 10.5. The van der Waals surface area contributed by atoms with Crippen LogP contribution in [0.5, 0.6) is 0 Å². The molecule has 0 fully saturated rings. The van der Waals surface area contributed by atoms with Gasteiger partial charge in [-0.2, -0.15) is 8.42 Å². The summed E-state index contributed by atoms with van der Waals surface area (Å²) in [6.45, 7) is 0. The molecule has 1 aliphatic rings. The quantitative estimate of drug-likeness (QED) is 0.398. The second-order valence-corrected chi connectivity index (χ2v) is 3.87. The van der Waals surface area contributed by atoms with Gasteiger partial charge in [0, 0.05) is 0 Å². The molecule has 0 radical (unpaired) electrons. The van der Waals surface area contributed by atoms with Gasteiger partial charge in [0.2, 0.25) is 0 Å². The fourth-order valence-corrected chi connectivity index (χ4v) is 1.77. The van der Waals surface area contributed by atoms with E-state index in [2.05, 4.69) is 0 Å². The summed E-state index contributed by atoms with van der Waals surface area (Å²) in [6, 6.07) is 0. The molecule has 5 heteroatoms. The van der Waals surface area contributed by atoms with E-state index in [1.807, 2.05) is 0 Å². The van der Waals surface area contributed by atoms with Gasteiger partial charge < -0.3 is 1.43 Å². The summed E-state index contributed by atoms with van der Waals surface area (Å²) in [7, 11) is -3.86. The zero-order chi connectivity index (χ0) is 7.61. The second-order valence-electron chi connectivity index (χ2n) is 2.39. The van der Waals surface area contributed by atoms with Crippen molar-refractivity contribution in [3.63, 3.8) is 0 Å². The molecule has 60 valence electrons. The molecule has 0 aromatic heterocycles. The molecule has 1 N–H and O–H groups in total. The topological polar surface area (TPSA) is 54.4 Å². The zero-order valence-corrected chi connectivity index (χ0v) is 9.39. The molecule has 0 spiro atoms. The van der Waals surface area contributed by atoms with Crippen molar-refractivity contribution in [1.29, 1.82) is 0 Å². The minimum atomic E-state index is -3.86. The summed E-state index contributed by atoms with van der Waals surface area (Å²) in [5, 5.41) is 0. The van der Waals surface area contributed by atoms with Crippen molar-refractivity contribution in [2.45, 2.75) is 25.7 Å². The molecule has 1 aliphatic carbocycles. The zero-order valence-electron chi connectivity index (χ0n) is 7.58. The molecule has 0 amide bonds. The predicted octanol–water partition coefficient (Wildman–Crippen LogP) is -1.55. The van der Waals surface area contributed by atoms with Crippen LogP contribution in [0.2, 0.25) is 0 Å². The smallest absolute Gasteiger partial charge is 1.00 e. The van der Waals surface area contributed by atoms with Crippen molar-refractivity contribution < 1.29 is 44.0 Å². The molecule has 3 nitrogen and oxygen atoms in total. The Kier molecular flexibility index (Phi) is 4.89. The third-order valence-corrected chi connectivity index (χ3v) is 2.61. The molecule has 0 aromatic rings. The normalized spacial score (nSPS) is 18.5. The number of hydrogen-bond donors (Lipinski definition) is 1. The third-order valence-electron chi connectivity index (χ3n) is 1.58. The van der Waals surface area contributed by atoms with Gasteiger partial charge in [0.05, 0.1) is 4.91 Å². The van der Waals surface area contributed by atoms with Crippen molar-refractivity contribution in [2.24, 2.45) is 0 Å². The molecular formula is C6H11NaO3S. The Morgan fingerprint density at radius 3 is 2.36 bits per heavy atom. The SMILES string of the molecule is O=S(=O)(O)C1=CCCCC1.[H-].[Na+]. The average Bonchev–Trinajstić information content (AvgIpc) is 1.88. The second kappa shape index (κ2) is 4.62. The Balaban J connectivity index is 0. The van der Waals surface area contributed by atoms with Gasteiger partial charge in [-0.1, -0.05) is 6.08 Å². The average molecular weight is 186 g/mol. The summed E-state index contributed by atoms with van der Waals surface area (Å²) in [6.07, 6.45) is 4.76. The van der Waals surface area contributed by atoms with Crippen LogP contribution in [0.25, 0.3) is 0 Å². The Morgan fingerprint density at radius 2 is 2.09 bits per heavy atom. The number of rotatable bonds is 1. The molecule has 0 bridgehead atoms. The van der Waals surface area contributed by atoms with E-state index >= 15 is 0 Å². The van der Waals surface area contributed by atoms with E-state index in [9.17, 15) is 8.42 Å². The molecule has 0 heterocycles. The van der Waals surface area contributed by atoms with E-state index in [1.54, 1.807) is 6.08 Å². The van der Waals surface area contributed by atoms with Gasteiger partial charge in [-0.05, 0) is 25.7 Å². The molecule has 0 saturated carbocycles. The largest absolute Gasteiger partial charge is 1.00 e. The first kappa shape index (κ1) is 11.6. The van der Waals surface area contributed by atoms with E-state index in [4.69, 9.17) is 4.55 Å². The van der Waals surface area contributed by atoms with E-state index in [0.717, 1.165) is 19.3 Å². The van der Waals surface area contributed by atoms with Crippen LogP contribution < -0.4 is 29.6 Å². The van der Waals surface area contributed by atoms with Gasteiger partial charge in [0.15, 0.2) is 0 Å². The first-order chi connectivity index (χ1) is 4.61. The first-order valence-corrected chi connectivity index (χ1v) is 4.71. The Labute approximate surface area is 90.4 Å². The van der Waals surface area contributed by atoms with Gasteiger partial charge in [0.1, 0.15) is 0 Å². The molecule has 11 heavy (non-hydrogen) atoms. The summed E-state index contributed by atoms with van der Waals surface area (Å²) in [4.78, 5) is 0.193. The minimum absolute atomic E-state index is 0. The monoisotopic (exact) mass is 186 g/mol. The maximum atomic E-state index is 10.5. The van der Waals surface area contributed by atoms with Crippen molar-refractivity contribution in [3.05, 3.63) is 11.0 Å². The summed E-state index contributed by atoms with van der Waals surface area (Å²) >= 11 is 0. The Bertz CT molecular complexity index is 248. The fourth-order valence-electron chi connectivity index (χ4n) is 1.04. The summed E-state index contributed by atoms with van der Waals surface area (Å²) in [5.74, 6) is 0. The molecule has 0 unspecified atom stereocenters. The van der Waals surface area contributed by atoms with Crippen LogP contribution in [0.15, 0.2) is 11.0 Å². The fraction of sp³-hybridized carbons (Fsp3) is 0.667. The maximum Gasteiger partial charge on any atom is 1.00 e. The van der Waals surface area contributed by atoms with Gasteiger partial charge in [-0.25, -0.2) is 0 Å².